The molecule has 0 spiro atoms. The highest BCUT2D eigenvalue weighted by Gasteiger charge is 2.39. The van der Waals surface area contributed by atoms with Gasteiger partial charge in [0, 0.05) is 6.54 Å². The quantitative estimate of drug-likeness (QED) is 0.270. The zero-order chi connectivity index (χ0) is 24.6. The van der Waals surface area contributed by atoms with Crippen molar-refractivity contribution in [3.63, 3.8) is 0 Å². The number of amides is 3. The fourth-order valence-electron chi connectivity index (χ4n) is 3.58. The number of likely N-dealkylation sites (tertiary alicyclic amines) is 1. The lowest BCUT2D eigenvalue weighted by Crippen LogP contribution is -2.58. The van der Waals surface area contributed by atoms with Gasteiger partial charge in [-0.15, -0.1) is 0 Å². The second-order valence-corrected chi connectivity index (χ2v) is 8.47. The van der Waals surface area contributed by atoms with E-state index in [0.29, 0.717) is 32.2 Å². The molecule has 1 rings (SSSR count). The van der Waals surface area contributed by atoms with Gasteiger partial charge in [-0.2, -0.15) is 0 Å². The molecule has 1 aliphatic rings. The van der Waals surface area contributed by atoms with Crippen molar-refractivity contribution in [2.24, 2.45) is 17.6 Å². The van der Waals surface area contributed by atoms with E-state index in [1.807, 2.05) is 13.8 Å². The molecule has 0 saturated carbocycles. The molecule has 6 unspecified atom stereocenters. The molecule has 1 heterocycles. The summed E-state index contributed by atoms with van der Waals surface area (Å²) in [5, 5.41) is 23.3. The summed E-state index contributed by atoms with van der Waals surface area (Å²) in [5.74, 6) is -4.99. The van der Waals surface area contributed by atoms with Gasteiger partial charge in [0.2, 0.25) is 17.7 Å². The van der Waals surface area contributed by atoms with Crippen LogP contribution in [0.2, 0.25) is 0 Å². The van der Waals surface area contributed by atoms with E-state index in [-0.39, 0.29) is 11.8 Å². The molecule has 182 valence electrons. The molecule has 11 heteroatoms. The van der Waals surface area contributed by atoms with Gasteiger partial charge < -0.3 is 31.5 Å². The van der Waals surface area contributed by atoms with Gasteiger partial charge in [0.15, 0.2) is 0 Å². The minimum Gasteiger partial charge on any atom is -0.481 e. The van der Waals surface area contributed by atoms with Crippen LogP contribution in [-0.4, -0.2) is 75.5 Å². The van der Waals surface area contributed by atoms with E-state index in [4.69, 9.17) is 5.73 Å². The highest BCUT2D eigenvalue weighted by molar-refractivity contribution is 5.95. The maximum atomic E-state index is 12.9. The van der Waals surface area contributed by atoms with Crippen molar-refractivity contribution in [3.8, 4) is 0 Å². The molecule has 1 aliphatic heterocycles. The summed E-state index contributed by atoms with van der Waals surface area (Å²) in [5.41, 5.74) is 6.03. The number of hydrogen-bond acceptors (Lipinski definition) is 6. The number of carbonyl (C=O) groups is 5. The molecule has 0 aromatic rings. The Morgan fingerprint density at radius 1 is 1.03 bits per heavy atom. The minimum absolute atomic E-state index is 0.0779. The molecule has 0 bridgehead atoms. The van der Waals surface area contributed by atoms with Crippen LogP contribution in [-0.2, 0) is 24.0 Å². The summed E-state index contributed by atoms with van der Waals surface area (Å²) < 4.78 is 0. The maximum Gasteiger partial charge on any atom is 0.326 e. The van der Waals surface area contributed by atoms with Crippen LogP contribution in [0.3, 0.4) is 0 Å². The summed E-state index contributed by atoms with van der Waals surface area (Å²) in [4.78, 5) is 62.5. The number of rotatable bonds is 12. The Hall–Kier alpha value is -2.69. The number of carboxylic acid groups (broad SMARTS) is 2. The topological polar surface area (TPSA) is 179 Å². The van der Waals surface area contributed by atoms with Crippen LogP contribution in [0.1, 0.15) is 59.8 Å². The third-order valence-corrected chi connectivity index (χ3v) is 6.17. The normalized spacial score (nSPS) is 20.5. The standard InChI is InChI=1S/C21H36N4O7/c1-5-11(3)16(22)20(30)25-9-7-8-14(25)19(29)23-13(10-15(26)27)18(28)24-17(21(31)32)12(4)6-2/h11-14,16-17H,5-10,22H2,1-4H3,(H,23,29)(H,24,28)(H,26,27)(H,31,32). The van der Waals surface area contributed by atoms with E-state index in [2.05, 4.69) is 10.6 Å². The van der Waals surface area contributed by atoms with Crippen LogP contribution in [0.5, 0.6) is 0 Å². The van der Waals surface area contributed by atoms with E-state index in [1.165, 1.54) is 4.90 Å². The number of nitrogens with zero attached hydrogens (tertiary/aromatic N) is 1. The second-order valence-electron chi connectivity index (χ2n) is 8.47. The molecule has 1 fully saturated rings. The maximum absolute atomic E-state index is 12.9. The van der Waals surface area contributed by atoms with Gasteiger partial charge in [-0.25, -0.2) is 4.79 Å². The molecule has 11 nitrogen and oxygen atoms in total. The van der Waals surface area contributed by atoms with Crippen molar-refractivity contribution < 1.29 is 34.2 Å². The Labute approximate surface area is 188 Å². The molecule has 6 atom stereocenters. The second kappa shape index (κ2) is 12.4. The zero-order valence-electron chi connectivity index (χ0n) is 19.2. The van der Waals surface area contributed by atoms with Gasteiger partial charge >= 0.3 is 11.9 Å². The van der Waals surface area contributed by atoms with Crippen molar-refractivity contribution in [1.29, 1.82) is 0 Å². The SMILES string of the molecule is CCC(C)C(N)C(=O)N1CCCC1C(=O)NC(CC(=O)O)C(=O)NC(C(=O)O)C(C)CC. The first-order valence-electron chi connectivity index (χ1n) is 11.1. The summed E-state index contributed by atoms with van der Waals surface area (Å²) in [6.07, 6.45) is 1.37. The lowest BCUT2D eigenvalue weighted by atomic mass is 9.98. The van der Waals surface area contributed by atoms with Gasteiger partial charge in [-0.1, -0.05) is 40.5 Å². The number of nitrogens with two attached hydrogens (primary N) is 1. The van der Waals surface area contributed by atoms with E-state index >= 15 is 0 Å². The lowest BCUT2D eigenvalue weighted by Gasteiger charge is -2.30. The van der Waals surface area contributed by atoms with E-state index in [1.54, 1.807) is 13.8 Å². The largest absolute Gasteiger partial charge is 0.481 e. The first kappa shape index (κ1) is 27.3. The molecule has 0 aromatic carbocycles. The third-order valence-electron chi connectivity index (χ3n) is 6.17. The molecule has 0 aliphatic carbocycles. The first-order valence-corrected chi connectivity index (χ1v) is 11.1. The molecule has 0 aromatic heterocycles. The summed E-state index contributed by atoms with van der Waals surface area (Å²) in [7, 11) is 0. The van der Waals surface area contributed by atoms with Crippen molar-refractivity contribution in [1.82, 2.24) is 15.5 Å². The molecular formula is C21H36N4O7. The monoisotopic (exact) mass is 456 g/mol. The van der Waals surface area contributed by atoms with Gasteiger partial charge in [0.25, 0.3) is 0 Å². The molecule has 1 saturated heterocycles. The van der Waals surface area contributed by atoms with Gasteiger partial charge in [0.1, 0.15) is 18.1 Å². The summed E-state index contributed by atoms with van der Waals surface area (Å²) in [6.45, 7) is 7.50. The van der Waals surface area contributed by atoms with Gasteiger partial charge in [-0.05, 0) is 24.7 Å². The third kappa shape index (κ3) is 7.18. The highest BCUT2D eigenvalue weighted by atomic mass is 16.4. The molecular weight excluding hydrogens is 420 g/mol. The first-order chi connectivity index (χ1) is 14.9. The number of nitrogens with one attached hydrogen (secondary N) is 2. The predicted octanol–water partition coefficient (Wildman–Crippen LogP) is -0.0742. The molecule has 3 amide bonds. The Kier molecular flexibility index (Phi) is 10.6. The average molecular weight is 457 g/mol. The number of carbonyl (C=O) groups excluding carboxylic acids is 3. The highest BCUT2D eigenvalue weighted by Crippen LogP contribution is 2.21. The van der Waals surface area contributed by atoms with Crippen LogP contribution in [0.25, 0.3) is 0 Å². The fourth-order valence-corrected chi connectivity index (χ4v) is 3.58. The smallest absolute Gasteiger partial charge is 0.326 e. The van der Waals surface area contributed by atoms with Crippen LogP contribution >= 0.6 is 0 Å². The molecule has 0 radical (unpaired) electrons. The van der Waals surface area contributed by atoms with Crippen molar-refractivity contribution in [2.75, 3.05) is 6.54 Å². The van der Waals surface area contributed by atoms with Crippen LogP contribution < -0.4 is 16.4 Å². The summed E-state index contributed by atoms with van der Waals surface area (Å²) >= 11 is 0. The number of aliphatic carboxylic acids is 2. The van der Waals surface area contributed by atoms with E-state index in [0.717, 1.165) is 0 Å². The zero-order valence-corrected chi connectivity index (χ0v) is 19.2. The van der Waals surface area contributed by atoms with Crippen LogP contribution in [0.15, 0.2) is 0 Å². The fraction of sp³-hybridized carbons (Fsp3) is 0.762. The Bertz CT molecular complexity index is 714. The van der Waals surface area contributed by atoms with E-state index < -0.39 is 60.3 Å². The van der Waals surface area contributed by atoms with Crippen molar-refractivity contribution in [2.45, 2.75) is 84.0 Å². The van der Waals surface area contributed by atoms with Crippen molar-refractivity contribution in [3.05, 3.63) is 0 Å². The summed E-state index contributed by atoms with van der Waals surface area (Å²) in [6, 6.07) is -4.34. The Morgan fingerprint density at radius 3 is 2.12 bits per heavy atom. The number of carboxylic acids is 2. The number of hydrogen-bond donors (Lipinski definition) is 5. The van der Waals surface area contributed by atoms with Gasteiger partial charge in [0.05, 0.1) is 12.5 Å². The molecule has 6 N–H and O–H groups in total. The lowest BCUT2D eigenvalue weighted by molar-refractivity contribution is -0.145. The van der Waals surface area contributed by atoms with E-state index in [9.17, 15) is 34.2 Å². The predicted molar refractivity (Wildman–Crippen MR) is 115 cm³/mol. The minimum atomic E-state index is -1.48. The van der Waals surface area contributed by atoms with Crippen LogP contribution in [0, 0.1) is 11.8 Å². The van der Waals surface area contributed by atoms with Gasteiger partial charge in [-0.3, -0.25) is 19.2 Å². The van der Waals surface area contributed by atoms with Crippen molar-refractivity contribution >= 4 is 29.7 Å². The molecule has 32 heavy (non-hydrogen) atoms. The Morgan fingerprint density at radius 2 is 1.62 bits per heavy atom. The average Bonchev–Trinajstić information content (AvgIpc) is 3.24. The van der Waals surface area contributed by atoms with Crippen LogP contribution in [0.4, 0.5) is 0 Å². The Balaban J connectivity index is 2.97.